The molecule has 0 radical (unpaired) electrons. The molecule has 1 aliphatic carbocycles. The molecule has 0 atom stereocenters. The Morgan fingerprint density at radius 3 is 3.06 bits per heavy atom. The van der Waals surface area contributed by atoms with Crippen molar-refractivity contribution in [1.29, 1.82) is 0 Å². The number of rotatable bonds is 2. The van der Waals surface area contributed by atoms with E-state index < -0.39 is 0 Å². The minimum absolute atomic E-state index is 1.11. The summed E-state index contributed by atoms with van der Waals surface area (Å²) < 4.78 is 2.31. The first-order valence-electron chi connectivity index (χ1n) is 6.44. The van der Waals surface area contributed by atoms with Crippen LogP contribution in [0.15, 0.2) is 18.3 Å². The molecule has 4 heteroatoms. The molecule has 0 aliphatic heterocycles. The SMILES string of the molecule is CCc1ccc(-c2cn3c4c(sc3n2)CCC4)s1. The number of hydrogen-bond acceptors (Lipinski definition) is 3. The summed E-state index contributed by atoms with van der Waals surface area (Å²) in [7, 11) is 0. The lowest BCUT2D eigenvalue weighted by molar-refractivity contribution is 0.888. The summed E-state index contributed by atoms with van der Waals surface area (Å²) in [6.45, 7) is 2.20. The highest BCUT2D eigenvalue weighted by Crippen LogP contribution is 2.34. The van der Waals surface area contributed by atoms with Gasteiger partial charge in [-0.2, -0.15) is 0 Å². The lowest BCUT2D eigenvalue weighted by Gasteiger charge is -1.91. The van der Waals surface area contributed by atoms with E-state index in [1.54, 1.807) is 4.88 Å². The number of thiazole rings is 1. The highest BCUT2D eigenvalue weighted by Gasteiger charge is 2.19. The average Bonchev–Trinajstić information content (AvgIpc) is 3.08. The first-order chi connectivity index (χ1) is 8.85. The van der Waals surface area contributed by atoms with Crippen LogP contribution < -0.4 is 0 Å². The van der Waals surface area contributed by atoms with E-state index >= 15 is 0 Å². The number of hydrogen-bond donors (Lipinski definition) is 0. The summed E-state index contributed by atoms with van der Waals surface area (Å²) in [5, 5.41) is 0. The van der Waals surface area contributed by atoms with E-state index in [1.807, 2.05) is 22.7 Å². The molecule has 18 heavy (non-hydrogen) atoms. The van der Waals surface area contributed by atoms with Gasteiger partial charge >= 0.3 is 0 Å². The molecule has 0 aromatic carbocycles. The Bertz CT molecular complexity index is 717. The molecule has 0 amide bonds. The number of aromatic nitrogens is 2. The van der Waals surface area contributed by atoms with Crippen LogP contribution in [0.2, 0.25) is 0 Å². The van der Waals surface area contributed by atoms with Gasteiger partial charge in [0.1, 0.15) is 5.69 Å². The van der Waals surface area contributed by atoms with Crippen LogP contribution in [-0.4, -0.2) is 9.38 Å². The second-order valence-electron chi connectivity index (χ2n) is 4.72. The fraction of sp³-hybridized carbons (Fsp3) is 0.357. The maximum Gasteiger partial charge on any atom is 0.194 e. The predicted octanol–water partition coefficient (Wildman–Crippen LogP) is 4.18. The summed E-state index contributed by atoms with van der Waals surface area (Å²) in [5.41, 5.74) is 2.64. The molecule has 4 rings (SSSR count). The van der Waals surface area contributed by atoms with E-state index in [1.165, 1.54) is 39.7 Å². The maximum absolute atomic E-state index is 4.79. The number of imidazole rings is 1. The molecule has 0 N–H and O–H groups in total. The van der Waals surface area contributed by atoms with Gasteiger partial charge in [0.2, 0.25) is 0 Å². The molecule has 3 aromatic heterocycles. The lowest BCUT2D eigenvalue weighted by atomic mass is 10.3. The van der Waals surface area contributed by atoms with E-state index in [9.17, 15) is 0 Å². The first kappa shape index (κ1) is 10.8. The second kappa shape index (κ2) is 3.93. The van der Waals surface area contributed by atoms with Crippen molar-refractivity contribution in [2.45, 2.75) is 32.6 Å². The van der Waals surface area contributed by atoms with Crippen LogP contribution in [0.1, 0.15) is 28.8 Å². The normalized spacial score (nSPS) is 14.5. The third kappa shape index (κ3) is 1.49. The van der Waals surface area contributed by atoms with Gasteiger partial charge in [-0.3, -0.25) is 4.40 Å². The zero-order chi connectivity index (χ0) is 12.1. The Morgan fingerprint density at radius 1 is 1.28 bits per heavy atom. The van der Waals surface area contributed by atoms with Crippen LogP contribution in [0, 0.1) is 0 Å². The van der Waals surface area contributed by atoms with Crippen molar-refractivity contribution in [3.8, 4) is 10.6 Å². The van der Waals surface area contributed by atoms with E-state index in [0.717, 1.165) is 12.1 Å². The van der Waals surface area contributed by atoms with Gasteiger partial charge in [0, 0.05) is 21.6 Å². The van der Waals surface area contributed by atoms with Crippen molar-refractivity contribution < 1.29 is 0 Å². The van der Waals surface area contributed by atoms with Crippen molar-refractivity contribution >= 4 is 27.6 Å². The smallest absolute Gasteiger partial charge is 0.194 e. The van der Waals surface area contributed by atoms with E-state index in [2.05, 4.69) is 29.7 Å². The Morgan fingerprint density at radius 2 is 2.22 bits per heavy atom. The highest BCUT2D eigenvalue weighted by atomic mass is 32.1. The highest BCUT2D eigenvalue weighted by molar-refractivity contribution is 7.17. The zero-order valence-electron chi connectivity index (χ0n) is 10.3. The monoisotopic (exact) mass is 274 g/mol. The third-order valence-corrected chi connectivity index (χ3v) is 5.99. The van der Waals surface area contributed by atoms with Gasteiger partial charge in [-0.25, -0.2) is 4.98 Å². The summed E-state index contributed by atoms with van der Waals surface area (Å²) in [6.07, 6.45) is 7.11. The second-order valence-corrected chi connectivity index (χ2v) is 6.95. The Kier molecular flexibility index (Phi) is 2.35. The van der Waals surface area contributed by atoms with Crippen LogP contribution in [-0.2, 0) is 19.3 Å². The van der Waals surface area contributed by atoms with Crippen molar-refractivity contribution in [1.82, 2.24) is 9.38 Å². The fourth-order valence-corrected chi connectivity index (χ4v) is 4.72. The van der Waals surface area contributed by atoms with Crippen molar-refractivity contribution in [3.63, 3.8) is 0 Å². The molecule has 3 aromatic rings. The predicted molar refractivity (Wildman–Crippen MR) is 77.8 cm³/mol. The van der Waals surface area contributed by atoms with Gasteiger partial charge in [0.25, 0.3) is 0 Å². The average molecular weight is 274 g/mol. The molecule has 0 fully saturated rings. The number of thiophene rings is 1. The topological polar surface area (TPSA) is 17.3 Å². The van der Waals surface area contributed by atoms with Crippen LogP contribution in [0.4, 0.5) is 0 Å². The minimum atomic E-state index is 1.11. The number of nitrogens with zero attached hydrogens (tertiary/aromatic N) is 2. The quantitative estimate of drug-likeness (QED) is 0.685. The fourth-order valence-electron chi connectivity index (χ4n) is 2.63. The van der Waals surface area contributed by atoms with Gasteiger partial charge in [-0.1, -0.05) is 6.92 Å². The molecule has 0 spiro atoms. The zero-order valence-corrected chi connectivity index (χ0v) is 11.9. The van der Waals surface area contributed by atoms with Crippen molar-refractivity contribution in [3.05, 3.63) is 33.8 Å². The van der Waals surface area contributed by atoms with E-state index in [0.29, 0.717) is 0 Å². The molecule has 0 unspecified atom stereocenters. The Balaban J connectivity index is 1.84. The lowest BCUT2D eigenvalue weighted by Crippen LogP contribution is -1.84. The van der Waals surface area contributed by atoms with Crippen LogP contribution in [0.3, 0.4) is 0 Å². The van der Waals surface area contributed by atoms with Crippen molar-refractivity contribution in [2.75, 3.05) is 0 Å². The summed E-state index contributed by atoms with van der Waals surface area (Å²) in [4.78, 5) is 10.2. The minimum Gasteiger partial charge on any atom is -0.294 e. The van der Waals surface area contributed by atoms with Gasteiger partial charge in [-0.15, -0.1) is 22.7 Å². The molecular weight excluding hydrogens is 260 g/mol. The molecular formula is C14H14N2S2. The molecule has 0 saturated heterocycles. The van der Waals surface area contributed by atoms with Crippen LogP contribution in [0.5, 0.6) is 0 Å². The molecule has 1 aliphatic rings. The molecule has 0 bridgehead atoms. The standard InChI is InChI=1S/C14H14N2S2/c1-2-9-6-7-12(17-9)10-8-16-11-4-3-5-13(11)18-14(16)15-10/h6-8H,2-5H2,1H3. The summed E-state index contributed by atoms with van der Waals surface area (Å²) >= 11 is 3.74. The number of fused-ring (bicyclic) bond motifs is 3. The first-order valence-corrected chi connectivity index (χ1v) is 8.07. The van der Waals surface area contributed by atoms with Gasteiger partial charge in [0.05, 0.1) is 4.88 Å². The van der Waals surface area contributed by atoms with E-state index in [4.69, 9.17) is 4.98 Å². The van der Waals surface area contributed by atoms with E-state index in [-0.39, 0.29) is 0 Å². The van der Waals surface area contributed by atoms with Crippen LogP contribution >= 0.6 is 22.7 Å². The largest absolute Gasteiger partial charge is 0.294 e. The molecule has 3 heterocycles. The molecule has 2 nitrogen and oxygen atoms in total. The third-order valence-electron chi connectivity index (χ3n) is 3.58. The molecule has 0 saturated carbocycles. The Hall–Kier alpha value is -1.13. The Labute approximate surface area is 114 Å². The van der Waals surface area contributed by atoms with Gasteiger partial charge in [0.15, 0.2) is 4.96 Å². The summed E-state index contributed by atoms with van der Waals surface area (Å²) in [6, 6.07) is 4.42. The van der Waals surface area contributed by atoms with Crippen molar-refractivity contribution in [2.24, 2.45) is 0 Å². The summed E-state index contributed by atoms with van der Waals surface area (Å²) in [5.74, 6) is 0. The maximum atomic E-state index is 4.79. The van der Waals surface area contributed by atoms with Gasteiger partial charge < -0.3 is 0 Å². The molecule has 92 valence electrons. The number of aryl methyl sites for hydroxylation is 3. The van der Waals surface area contributed by atoms with Crippen LogP contribution in [0.25, 0.3) is 15.5 Å². The van der Waals surface area contributed by atoms with Gasteiger partial charge in [-0.05, 0) is 37.8 Å².